The number of aromatic nitrogens is 1. The van der Waals surface area contributed by atoms with Gasteiger partial charge in [0.2, 0.25) is 5.76 Å². The Morgan fingerprint density at radius 1 is 1.17 bits per heavy atom. The number of aliphatic carboxylic acids is 1. The fraction of sp³-hybridized carbons (Fsp3) is 0.318. The number of amides is 2. The number of rotatable bonds is 9. The van der Waals surface area contributed by atoms with Gasteiger partial charge in [0.15, 0.2) is 0 Å². The molecule has 29 heavy (non-hydrogen) atoms. The number of urea groups is 1. The van der Waals surface area contributed by atoms with Gasteiger partial charge in [-0.25, -0.2) is 14.6 Å². The molecular weight excluding hydrogens is 370 g/mol. The number of unbranched alkanes of at least 4 members (excludes halogenated alkanes) is 2. The summed E-state index contributed by atoms with van der Waals surface area (Å²) in [6, 6.07) is 12.6. The molecule has 0 fully saturated rings. The minimum atomic E-state index is -1.12. The van der Waals surface area contributed by atoms with Gasteiger partial charge in [0.1, 0.15) is 5.82 Å². The maximum absolute atomic E-state index is 12.3. The number of hydrogen-bond acceptors (Lipinski definition) is 4. The second-order valence-corrected chi connectivity index (χ2v) is 6.52. The molecule has 0 aliphatic carbocycles. The molecule has 0 atom stereocenters. The molecular formula is C22H27N3O4. The molecule has 1 aromatic heterocycles. The van der Waals surface area contributed by atoms with Crippen LogP contribution in [-0.4, -0.2) is 42.8 Å². The van der Waals surface area contributed by atoms with Crippen LogP contribution in [0.2, 0.25) is 0 Å². The smallest absolute Gasteiger partial charge is 0.371 e. The highest BCUT2D eigenvalue weighted by Crippen LogP contribution is 2.21. The number of pyridine rings is 1. The number of hydrogen-bond donors (Lipinski definition) is 2. The third-order valence-electron chi connectivity index (χ3n) is 4.37. The summed E-state index contributed by atoms with van der Waals surface area (Å²) < 4.78 is 4.84. The molecule has 0 aliphatic heterocycles. The van der Waals surface area contributed by atoms with E-state index in [1.807, 2.05) is 24.3 Å². The summed E-state index contributed by atoms with van der Waals surface area (Å²) in [5.41, 5.74) is 2.27. The zero-order valence-corrected chi connectivity index (χ0v) is 17.0. The first-order valence-corrected chi connectivity index (χ1v) is 9.54. The summed E-state index contributed by atoms with van der Waals surface area (Å²) in [5, 5.41) is 11.9. The molecule has 1 aromatic carbocycles. The standard InChI is InChI=1S/C22H27N3O4/c1-4-5-6-14-23-22(28)25(2)20-9-7-8-18(24-20)17-12-10-16(11-13-17)15-19(29-3)21(26)27/h7-13,15H,4-6,14H2,1-3H3,(H,23,28)(H,26,27). The lowest BCUT2D eigenvalue weighted by Gasteiger charge is -2.18. The lowest BCUT2D eigenvalue weighted by atomic mass is 10.1. The van der Waals surface area contributed by atoms with Crippen molar-refractivity contribution in [2.45, 2.75) is 26.2 Å². The highest BCUT2D eigenvalue weighted by Gasteiger charge is 2.12. The molecule has 2 N–H and O–H groups in total. The number of benzene rings is 1. The Morgan fingerprint density at radius 2 is 1.90 bits per heavy atom. The molecule has 2 rings (SSSR count). The van der Waals surface area contributed by atoms with E-state index in [2.05, 4.69) is 17.2 Å². The molecule has 0 radical (unpaired) electrons. The molecule has 2 amide bonds. The summed E-state index contributed by atoms with van der Waals surface area (Å²) in [6.07, 6.45) is 4.60. The van der Waals surface area contributed by atoms with Crippen LogP contribution in [0.25, 0.3) is 17.3 Å². The summed E-state index contributed by atoms with van der Waals surface area (Å²) in [4.78, 5) is 29.4. The molecule has 0 unspecified atom stereocenters. The van der Waals surface area contributed by atoms with E-state index in [0.29, 0.717) is 23.6 Å². The Bertz CT molecular complexity index is 863. The summed E-state index contributed by atoms with van der Waals surface area (Å²) in [5.74, 6) is -0.710. The van der Waals surface area contributed by atoms with E-state index in [4.69, 9.17) is 9.84 Å². The number of carbonyl (C=O) groups is 2. The first-order chi connectivity index (χ1) is 14.0. The second-order valence-electron chi connectivity index (χ2n) is 6.52. The lowest BCUT2D eigenvalue weighted by Crippen LogP contribution is -2.38. The van der Waals surface area contributed by atoms with Crippen LogP contribution in [-0.2, 0) is 9.53 Å². The number of carboxylic acids is 1. The number of nitrogens with zero attached hydrogens (tertiary/aromatic N) is 2. The van der Waals surface area contributed by atoms with E-state index >= 15 is 0 Å². The Labute approximate surface area is 171 Å². The highest BCUT2D eigenvalue weighted by atomic mass is 16.5. The van der Waals surface area contributed by atoms with Crippen LogP contribution in [0.5, 0.6) is 0 Å². The van der Waals surface area contributed by atoms with Crippen molar-refractivity contribution in [1.82, 2.24) is 10.3 Å². The van der Waals surface area contributed by atoms with Gasteiger partial charge in [-0.3, -0.25) is 4.90 Å². The highest BCUT2D eigenvalue weighted by molar-refractivity contribution is 5.91. The van der Waals surface area contributed by atoms with Crippen LogP contribution in [0.3, 0.4) is 0 Å². The van der Waals surface area contributed by atoms with Crippen molar-refractivity contribution in [2.24, 2.45) is 0 Å². The first kappa shape index (κ1) is 21.9. The molecule has 2 aromatic rings. The molecule has 7 heteroatoms. The predicted octanol–water partition coefficient (Wildman–Crippen LogP) is 4.16. The topological polar surface area (TPSA) is 91.8 Å². The maximum Gasteiger partial charge on any atom is 0.371 e. The molecule has 0 bridgehead atoms. The number of ether oxygens (including phenoxy) is 1. The minimum absolute atomic E-state index is 0.135. The van der Waals surface area contributed by atoms with Crippen molar-refractivity contribution < 1.29 is 19.4 Å². The third kappa shape index (κ3) is 6.34. The van der Waals surface area contributed by atoms with Gasteiger partial charge >= 0.3 is 12.0 Å². The van der Waals surface area contributed by atoms with E-state index < -0.39 is 5.97 Å². The average Bonchev–Trinajstić information content (AvgIpc) is 2.74. The zero-order valence-electron chi connectivity index (χ0n) is 17.0. The second kappa shape index (κ2) is 10.8. The van der Waals surface area contributed by atoms with E-state index in [9.17, 15) is 9.59 Å². The third-order valence-corrected chi connectivity index (χ3v) is 4.37. The number of nitrogens with one attached hydrogen (secondary N) is 1. The number of carbonyl (C=O) groups excluding carboxylic acids is 1. The molecule has 154 valence electrons. The molecule has 0 saturated heterocycles. The number of methoxy groups -OCH3 is 1. The molecule has 7 nitrogen and oxygen atoms in total. The van der Waals surface area contributed by atoms with Crippen LogP contribution < -0.4 is 10.2 Å². The van der Waals surface area contributed by atoms with Crippen molar-refractivity contribution >= 4 is 23.9 Å². The molecule has 0 spiro atoms. The van der Waals surface area contributed by atoms with Crippen molar-refractivity contribution in [3.05, 3.63) is 53.8 Å². The maximum atomic E-state index is 12.3. The van der Waals surface area contributed by atoms with E-state index in [1.54, 1.807) is 25.2 Å². The number of carboxylic acid groups (broad SMARTS) is 1. The predicted molar refractivity (Wildman–Crippen MR) is 114 cm³/mol. The van der Waals surface area contributed by atoms with Crippen LogP contribution in [0.15, 0.2) is 48.2 Å². The SMILES string of the molecule is CCCCCNC(=O)N(C)c1cccc(-c2ccc(C=C(OC)C(=O)O)cc2)n1. The Balaban J connectivity index is 2.12. The average molecular weight is 397 g/mol. The van der Waals surface area contributed by atoms with Gasteiger partial charge in [0.25, 0.3) is 0 Å². The van der Waals surface area contributed by atoms with Crippen molar-refractivity contribution in [2.75, 3.05) is 25.6 Å². The van der Waals surface area contributed by atoms with Crippen molar-refractivity contribution in [3.63, 3.8) is 0 Å². The molecule has 1 heterocycles. The Morgan fingerprint density at radius 3 is 2.52 bits per heavy atom. The number of anilines is 1. The Hall–Kier alpha value is -3.35. The van der Waals surface area contributed by atoms with E-state index in [0.717, 1.165) is 24.8 Å². The van der Waals surface area contributed by atoms with Gasteiger partial charge in [-0.1, -0.05) is 50.1 Å². The normalized spacial score (nSPS) is 11.1. The minimum Gasteiger partial charge on any atom is -0.490 e. The van der Waals surface area contributed by atoms with E-state index in [-0.39, 0.29) is 11.8 Å². The fourth-order valence-electron chi connectivity index (χ4n) is 2.67. The molecule has 0 saturated carbocycles. The Kier molecular flexibility index (Phi) is 8.21. The lowest BCUT2D eigenvalue weighted by molar-refractivity contribution is -0.135. The van der Waals surface area contributed by atoms with E-state index in [1.165, 1.54) is 18.1 Å². The largest absolute Gasteiger partial charge is 0.490 e. The summed E-state index contributed by atoms with van der Waals surface area (Å²) >= 11 is 0. The van der Waals surface area contributed by atoms with Gasteiger partial charge in [-0.05, 0) is 30.2 Å². The monoisotopic (exact) mass is 397 g/mol. The van der Waals surface area contributed by atoms with Crippen LogP contribution in [0, 0.1) is 0 Å². The zero-order chi connectivity index (χ0) is 21.2. The van der Waals surface area contributed by atoms with Crippen LogP contribution in [0.1, 0.15) is 31.7 Å². The van der Waals surface area contributed by atoms with Gasteiger partial charge in [-0.2, -0.15) is 0 Å². The first-order valence-electron chi connectivity index (χ1n) is 9.54. The van der Waals surface area contributed by atoms with Gasteiger partial charge in [-0.15, -0.1) is 0 Å². The van der Waals surface area contributed by atoms with Gasteiger partial charge in [0, 0.05) is 19.2 Å². The summed E-state index contributed by atoms with van der Waals surface area (Å²) in [7, 11) is 3.01. The van der Waals surface area contributed by atoms with Crippen molar-refractivity contribution in [1.29, 1.82) is 0 Å². The van der Waals surface area contributed by atoms with Crippen LogP contribution >= 0.6 is 0 Å². The van der Waals surface area contributed by atoms with Gasteiger partial charge < -0.3 is 15.2 Å². The quantitative estimate of drug-likeness (QED) is 0.377. The van der Waals surface area contributed by atoms with Crippen LogP contribution in [0.4, 0.5) is 10.6 Å². The van der Waals surface area contributed by atoms with Crippen molar-refractivity contribution in [3.8, 4) is 11.3 Å². The summed E-state index contributed by atoms with van der Waals surface area (Å²) in [6.45, 7) is 2.76. The van der Waals surface area contributed by atoms with Gasteiger partial charge in [0.05, 0.1) is 12.8 Å². The molecule has 0 aliphatic rings. The fourth-order valence-corrected chi connectivity index (χ4v) is 2.67.